The van der Waals surface area contributed by atoms with Crippen LogP contribution in [0.2, 0.25) is 0 Å². The van der Waals surface area contributed by atoms with E-state index in [1.54, 1.807) is 24.3 Å². The molecule has 0 atom stereocenters. The summed E-state index contributed by atoms with van der Waals surface area (Å²) in [6.07, 6.45) is 3.15. The summed E-state index contributed by atoms with van der Waals surface area (Å²) in [7, 11) is -3.35. The Bertz CT molecular complexity index is 575. The lowest BCUT2D eigenvalue weighted by atomic mass is 9.64. The lowest BCUT2D eigenvalue weighted by molar-refractivity contribution is -0.147. The second-order valence-corrected chi connectivity index (χ2v) is 6.44. The van der Waals surface area contributed by atoms with Gasteiger partial charge in [0.15, 0.2) is 0 Å². The SMILES string of the molecule is CS(=O)(=O)Nc1cccc(C2(C(=O)O)CCC2)c1. The third-order valence-electron chi connectivity index (χ3n) is 3.33. The minimum atomic E-state index is -3.35. The van der Waals surface area contributed by atoms with E-state index in [9.17, 15) is 18.3 Å². The van der Waals surface area contributed by atoms with Crippen LogP contribution in [0.5, 0.6) is 0 Å². The van der Waals surface area contributed by atoms with Crippen molar-refractivity contribution in [3.8, 4) is 0 Å². The van der Waals surface area contributed by atoms with Crippen molar-refractivity contribution in [2.45, 2.75) is 24.7 Å². The summed E-state index contributed by atoms with van der Waals surface area (Å²) in [5, 5.41) is 9.32. The van der Waals surface area contributed by atoms with Gasteiger partial charge in [-0.3, -0.25) is 9.52 Å². The highest BCUT2D eigenvalue weighted by Gasteiger charge is 2.45. The fourth-order valence-electron chi connectivity index (χ4n) is 2.25. The summed E-state index contributed by atoms with van der Waals surface area (Å²) >= 11 is 0. The van der Waals surface area contributed by atoms with Gasteiger partial charge < -0.3 is 5.11 Å². The molecule has 0 amide bonds. The summed E-state index contributed by atoms with van der Waals surface area (Å²) in [6.45, 7) is 0. The molecular formula is C12H15NO4S. The average Bonchev–Trinajstić information content (AvgIpc) is 2.12. The number of nitrogens with one attached hydrogen (secondary N) is 1. The maximum absolute atomic E-state index is 11.4. The molecule has 98 valence electrons. The fourth-order valence-corrected chi connectivity index (χ4v) is 2.81. The van der Waals surface area contributed by atoms with Crippen molar-refractivity contribution >= 4 is 21.7 Å². The van der Waals surface area contributed by atoms with Gasteiger partial charge in [-0.2, -0.15) is 0 Å². The number of carboxylic acids is 1. The van der Waals surface area contributed by atoms with E-state index in [-0.39, 0.29) is 0 Å². The first-order valence-corrected chi connectivity index (χ1v) is 7.54. The molecule has 0 unspecified atom stereocenters. The predicted molar refractivity (Wildman–Crippen MR) is 68.1 cm³/mol. The Hall–Kier alpha value is -1.56. The first-order valence-electron chi connectivity index (χ1n) is 5.65. The Morgan fingerprint density at radius 1 is 1.39 bits per heavy atom. The largest absolute Gasteiger partial charge is 0.481 e. The van der Waals surface area contributed by atoms with Gasteiger partial charge >= 0.3 is 5.97 Å². The molecule has 1 aromatic carbocycles. The van der Waals surface area contributed by atoms with Crippen molar-refractivity contribution in [3.63, 3.8) is 0 Å². The van der Waals surface area contributed by atoms with Gasteiger partial charge in [0, 0.05) is 5.69 Å². The molecule has 2 N–H and O–H groups in total. The van der Waals surface area contributed by atoms with Gasteiger partial charge in [0.25, 0.3) is 0 Å². The van der Waals surface area contributed by atoms with Crippen molar-refractivity contribution in [1.82, 2.24) is 0 Å². The van der Waals surface area contributed by atoms with Crippen LogP contribution in [0.25, 0.3) is 0 Å². The van der Waals surface area contributed by atoms with E-state index in [1.807, 2.05) is 0 Å². The van der Waals surface area contributed by atoms with Crippen LogP contribution in [0, 0.1) is 0 Å². The number of hydrogen-bond donors (Lipinski definition) is 2. The molecule has 0 saturated heterocycles. The van der Waals surface area contributed by atoms with Crippen molar-refractivity contribution in [3.05, 3.63) is 29.8 Å². The average molecular weight is 269 g/mol. The molecule has 0 bridgehead atoms. The highest BCUT2D eigenvalue weighted by Crippen LogP contribution is 2.44. The molecule has 0 aromatic heterocycles. The lowest BCUT2D eigenvalue weighted by Gasteiger charge is -2.38. The second kappa shape index (κ2) is 4.28. The topological polar surface area (TPSA) is 83.5 Å². The molecule has 6 heteroatoms. The van der Waals surface area contributed by atoms with Crippen molar-refractivity contribution in [2.24, 2.45) is 0 Å². The summed E-state index contributed by atoms with van der Waals surface area (Å²) in [6, 6.07) is 6.62. The van der Waals surface area contributed by atoms with E-state index in [2.05, 4.69) is 4.72 Å². The number of sulfonamides is 1. The molecule has 1 aliphatic carbocycles. The minimum absolute atomic E-state index is 0.405. The van der Waals surface area contributed by atoms with Crippen LogP contribution in [0.1, 0.15) is 24.8 Å². The molecule has 1 saturated carbocycles. The Labute approximate surface area is 106 Å². The Balaban J connectivity index is 2.35. The van der Waals surface area contributed by atoms with Crippen LogP contribution in [-0.4, -0.2) is 25.7 Å². The van der Waals surface area contributed by atoms with Crippen LogP contribution < -0.4 is 4.72 Å². The normalized spacial score (nSPS) is 17.8. The number of anilines is 1. The van der Waals surface area contributed by atoms with Crippen molar-refractivity contribution in [1.29, 1.82) is 0 Å². The number of carboxylic acid groups (broad SMARTS) is 1. The van der Waals surface area contributed by atoms with Gasteiger partial charge in [0.05, 0.1) is 11.7 Å². The van der Waals surface area contributed by atoms with Crippen molar-refractivity contribution < 1.29 is 18.3 Å². The molecule has 1 aliphatic rings. The van der Waals surface area contributed by atoms with E-state index >= 15 is 0 Å². The summed E-state index contributed by atoms with van der Waals surface area (Å²) in [5.41, 5.74) is 0.229. The highest BCUT2D eigenvalue weighted by molar-refractivity contribution is 7.92. The van der Waals surface area contributed by atoms with Crippen molar-refractivity contribution in [2.75, 3.05) is 11.0 Å². The molecular weight excluding hydrogens is 254 g/mol. The zero-order chi connectivity index (χ0) is 13.4. The number of carbonyl (C=O) groups is 1. The first kappa shape index (κ1) is 12.9. The zero-order valence-electron chi connectivity index (χ0n) is 10.0. The monoisotopic (exact) mass is 269 g/mol. The quantitative estimate of drug-likeness (QED) is 0.869. The summed E-state index contributed by atoms with van der Waals surface area (Å²) in [4.78, 5) is 11.4. The first-order chi connectivity index (χ1) is 8.33. The van der Waals surface area contributed by atoms with Crippen LogP contribution in [-0.2, 0) is 20.2 Å². The van der Waals surface area contributed by atoms with Crippen LogP contribution >= 0.6 is 0 Å². The van der Waals surface area contributed by atoms with Gasteiger partial charge in [-0.15, -0.1) is 0 Å². The Morgan fingerprint density at radius 2 is 2.06 bits per heavy atom. The summed E-state index contributed by atoms with van der Waals surface area (Å²) < 4.78 is 24.7. The van der Waals surface area contributed by atoms with Crippen LogP contribution in [0.4, 0.5) is 5.69 Å². The van der Waals surface area contributed by atoms with Gasteiger partial charge in [0.1, 0.15) is 0 Å². The fraction of sp³-hybridized carbons (Fsp3) is 0.417. The van der Waals surface area contributed by atoms with E-state index < -0.39 is 21.4 Å². The molecule has 0 aliphatic heterocycles. The molecule has 0 heterocycles. The smallest absolute Gasteiger partial charge is 0.314 e. The maximum Gasteiger partial charge on any atom is 0.314 e. The molecule has 1 aromatic rings. The molecule has 0 radical (unpaired) electrons. The van der Waals surface area contributed by atoms with Gasteiger partial charge in [0.2, 0.25) is 10.0 Å². The van der Waals surface area contributed by atoms with Gasteiger partial charge in [-0.1, -0.05) is 18.6 Å². The van der Waals surface area contributed by atoms with Crippen LogP contribution in [0.15, 0.2) is 24.3 Å². The molecule has 1 fully saturated rings. The number of hydrogen-bond acceptors (Lipinski definition) is 3. The Morgan fingerprint density at radius 3 is 2.50 bits per heavy atom. The number of rotatable bonds is 4. The minimum Gasteiger partial charge on any atom is -0.481 e. The Kier molecular flexibility index (Phi) is 3.06. The standard InChI is InChI=1S/C12H15NO4S/c1-18(16,17)13-10-5-2-4-9(8-10)12(11(14)15)6-3-7-12/h2,4-5,8,13H,3,6-7H2,1H3,(H,14,15). The van der Waals surface area contributed by atoms with Gasteiger partial charge in [-0.25, -0.2) is 8.42 Å². The van der Waals surface area contributed by atoms with E-state index in [4.69, 9.17) is 0 Å². The third-order valence-corrected chi connectivity index (χ3v) is 3.94. The van der Waals surface area contributed by atoms with E-state index in [1.165, 1.54) is 0 Å². The zero-order valence-corrected chi connectivity index (χ0v) is 10.8. The second-order valence-electron chi connectivity index (χ2n) is 4.70. The van der Waals surface area contributed by atoms with E-state index in [0.717, 1.165) is 12.7 Å². The summed E-state index contributed by atoms with van der Waals surface area (Å²) in [5.74, 6) is -0.842. The predicted octanol–water partition coefficient (Wildman–Crippen LogP) is 1.56. The third kappa shape index (κ3) is 2.33. The number of benzene rings is 1. The highest BCUT2D eigenvalue weighted by atomic mass is 32.2. The molecule has 5 nitrogen and oxygen atoms in total. The maximum atomic E-state index is 11.4. The molecule has 0 spiro atoms. The van der Waals surface area contributed by atoms with Gasteiger partial charge in [-0.05, 0) is 30.5 Å². The lowest BCUT2D eigenvalue weighted by Crippen LogP contribution is -2.42. The molecule has 18 heavy (non-hydrogen) atoms. The molecule has 2 rings (SSSR count). The number of aliphatic carboxylic acids is 1. The van der Waals surface area contributed by atoms with Crippen LogP contribution in [0.3, 0.4) is 0 Å². The van der Waals surface area contributed by atoms with E-state index in [0.29, 0.717) is 24.1 Å².